The molecule has 0 saturated carbocycles. The van der Waals surface area contributed by atoms with Gasteiger partial charge in [-0.05, 0) is 13.3 Å². The van der Waals surface area contributed by atoms with Crippen molar-refractivity contribution in [2.24, 2.45) is 5.41 Å². The highest BCUT2D eigenvalue weighted by atomic mass is 32.1. The molecule has 3 nitrogen and oxygen atoms in total. The summed E-state index contributed by atoms with van der Waals surface area (Å²) in [4.78, 5) is 17.2. The minimum Gasteiger partial charge on any atom is -0.302 e. The van der Waals surface area contributed by atoms with Crippen LogP contribution in [0.15, 0.2) is 0 Å². The summed E-state index contributed by atoms with van der Waals surface area (Å²) in [6.07, 6.45) is 0.910. The highest BCUT2D eigenvalue weighted by Gasteiger charge is 2.22. The number of aromatic nitrogens is 1. The van der Waals surface area contributed by atoms with Gasteiger partial charge in [-0.3, -0.25) is 4.79 Å². The minimum atomic E-state index is -0.369. The first-order valence-electron chi connectivity index (χ1n) is 5.12. The SMILES string of the molecule is CCc1nc(NC(=O)C(C)(C)C)sc1C. The maximum absolute atomic E-state index is 11.7. The van der Waals surface area contributed by atoms with Gasteiger partial charge in [-0.2, -0.15) is 0 Å². The van der Waals surface area contributed by atoms with Crippen LogP contribution in [0.4, 0.5) is 5.13 Å². The molecule has 0 unspecified atom stereocenters. The van der Waals surface area contributed by atoms with Crippen molar-refractivity contribution in [3.63, 3.8) is 0 Å². The fourth-order valence-electron chi connectivity index (χ4n) is 1.09. The average molecular weight is 226 g/mol. The molecular weight excluding hydrogens is 208 g/mol. The Balaban J connectivity index is 2.78. The van der Waals surface area contributed by atoms with Crippen LogP contribution in [0.3, 0.4) is 0 Å². The standard InChI is InChI=1S/C11H18N2OS/c1-6-8-7(2)15-10(12-8)13-9(14)11(3,4)5/h6H2,1-5H3,(H,12,13,14). The monoisotopic (exact) mass is 226 g/mol. The van der Waals surface area contributed by atoms with Crippen LogP contribution in [0, 0.1) is 12.3 Å². The average Bonchev–Trinajstić information content (AvgIpc) is 2.44. The van der Waals surface area contributed by atoms with E-state index < -0.39 is 0 Å². The van der Waals surface area contributed by atoms with Gasteiger partial charge < -0.3 is 5.32 Å². The highest BCUT2D eigenvalue weighted by molar-refractivity contribution is 7.15. The molecule has 0 atom stereocenters. The van der Waals surface area contributed by atoms with Crippen LogP contribution in [-0.2, 0) is 11.2 Å². The van der Waals surface area contributed by atoms with Crippen LogP contribution in [-0.4, -0.2) is 10.9 Å². The summed E-state index contributed by atoms with van der Waals surface area (Å²) in [5.74, 6) is 0.0129. The van der Waals surface area contributed by atoms with E-state index in [2.05, 4.69) is 17.2 Å². The van der Waals surface area contributed by atoms with Gasteiger partial charge in [0.15, 0.2) is 5.13 Å². The van der Waals surface area contributed by atoms with Crippen molar-refractivity contribution in [3.05, 3.63) is 10.6 Å². The number of amides is 1. The van der Waals surface area contributed by atoms with Crippen molar-refractivity contribution in [1.82, 2.24) is 4.98 Å². The molecule has 0 aromatic carbocycles. The van der Waals surface area contributed by atoms with Crippen LogP contribution < -0.4 is 5.32 Å². The third-order valence-electron chi connectivity index (χ3n) is 2.13. The number of carbonyl (C=O) groups is 1. The lowest BCUT2D eigenvalue weighted by Gasteiger charge is -2.15. The molecule has 0 aliphatic heterocycles. The Hall–Kier alpha value is -0.900. The number of aryl methyl sites for hydroxylation is 2. The van der Waals surface area contributed by atoms with Gasteiger partial charge in [0.25, 0.3) is 0 Å². The van der Waals surface area contributed by atoms with Crippen molar-refractivity contribution < 1.29 is 4.79 Å². The number of anilines is 1. The zero-order valence-corrected chi connectivity index (χ0v) is 10.8. The molecule has 0 saturated heterocycles. The Labute approximate surface area is 94.9 Å². The lowest BCUT2D eigenvalue weighted by molar-refractivity contribution is -0.123. The van der Waals surface area contributed by atoms with Crippen molar-refractivity contribution in [2.75, 3.05) is 5.32 Å². The van der Waals surface area contributed by atoms with E-state index >= 15 is 0 Å². The van der Waals surface area contributed by atoms with E-state index in [0.717, 1.165) is 12.1 Å². The van der Waals surface area contributed by atoms with Gasteiger partial charge in [-0.1, -0.05) is 27.7 Å². The quantitative estimate of drug-likeness (QED) is 0.842. The molecule has 4 heteroatoms. The molecule has 0 radical (unpaired) electrons. The number of rotatable bonds is 2. The zero-order chi connectivity index (χ0) is 11.6. The maximum Gasteiger partial charge on any atom is 0.231 e. The molecule has 0 bridgehead atoms. The molecule has 0 aliphatic carbocycles. The first-order chi connectivity index (χ1) is 6.84. The number of carbonyl (C=O) groups excluding carboxylic acids is 1. The van der Waals surface area contributed by atoms with E-state index in [0.29, 0.717) is 5.13 Å². The summed E-state index contributed by atoms with van der Waals surface area (Å²) in [5, 5.41) is 3.56. The number of nitrogens with one attached hydrogen (secondary N) is 1. The Morgan fingerprint density at radius 2 is 2.07 bits per heavy atom. The van der Waals surface area contributed by atoms with Gasteiger partial charge in [-0.15, -0.1) is 11.3 Å². The van der Waals surface area contributed by atoms with Crippen LogP contribution in [0.25, 0.3) is 0 Å². The lowest BCUT2D eigenvalue weighted by Crippen LogP contribution is -2.27. The second kappa shape index (κ2) is 4.31. The van der Waals surface area contributed by atoms with Crippen molar-refractivity contribution >= 4 is 22.4 Å². The predicted octanol–water partition coefficient (Wildman–Crippen LogP) is 3.00. The molecule has 1 rings (SSSR count). The van der Waals surface area contributed by atoms with Crippen molar-refractivity contribution in [2.45, 2.75) is 41.0 Å². The number of hydrogen-bond acceptors (Lipinski definition) is 3. The lowest BCUT2D eigenvalue weighted by atomic mass is 9.96. The second-order valence-electron chi connectivity index (χ2n) is 4.58. The van der Waals surface area contributed by atoms with Crippen molar-refractivity contribution in [1.29, 1.82) is 0 Å². The summed E-state index contributed by atoms with van der Waals surface area (Å²) in [6, 6.07) is 0. The van der Waals surface area contributed by atoms with E-state index in [-0.39, 0.29) is 11.3 Å². The summed E-state index contributed by atoms with van der Waals surface area (Å²) in [7, 11) is 0. The molecule has 0 aliphatic rings. The Kier molecular flexibility index (Phi) is 3.50. The number of nitrogens with zero attached hydrogens (tertiary/aromatic N) is 1. The third kappa shape index (κ3) is 3.02. The van der Waals surface area contributed by atoms with Crippen LogP contribution in [0.2, 0.25) is 0 Å². The maximum atomic E-state index is 11.7. The molecule has 15 heavy (non-hydrogen) atoms. The Morgan fingerprint density at radius 3 is 2.47 bits per heavy atom. The normalized spacial score (nSPS) is 11.5. The summed E-state index contributed by atoms with van der Waals surface area (Å²) in [6.45, 7) is 9.78. The van der Waals surface area contributed by atoms with E-state index in [1.165, 1.54) is 4.88 Å². The molecule has 1 aromatic heterocycles. The number of thiazole rings is 1. The van der Waals surface area contributed by atoms with Gasteiger partial charge in [0.1, 0.15) is 0 Å². The van der Waals surface area contributed by atoms with E-state index in [9.17, 15) is 4.79 Å². The van der Waals surface area contributed by atoms with E-state index in [1.807, 2.05) is 27.7 Å². The largest absolute Gasteiger partial charge is 0.302 e. The molecule has 0 fully saturated rings. The van der Waals surface area contributed by atoms with Gasteiger partial charge in [-0.25, -0.2) is 4.98 Å². The summed E-state index contributed by atoms with van der Waals surface area (Å²) >= 11 is 1.54. The van der Waals surface area contributed by atoms with Gasteiger partial charge >= 0.3 is 0 Å². The van der Waals surface area contributed by atoms with Gasteiger partial charge in [0, 0.05) is 10.3 Å². The Bertz CT molecular complexity index is 363. The Morgan fingerprint density at radius 1 is 1.47 bits per heavy atom. The topological polar surface area (TPSA) is 42.0 Å². The first kappa shape index (κ1) is 12.2. The highest BCUT2D eigenvalue weighted by Crippen LogP contribution is 2.24. The fourth-order valence-corrected chi connectivity index (χ4v) is 1.99. The molecule has 1 heterocycles. The second-order valence-corrected chi connectivity index (χ2v) is 5.78. The molecule has 1 N–H and O–H groups in total. The molecule has 1 aromatic rings. The van der Waals surface area contributed by atoms with Gasteiger partial charge in [0.05, 0.1) is 5.69 Å². The van der Waals surface area contributed by atoms with Crippen LogP contribution >= 0.6 is 11.3 Å². The summed E-state index contributed by atoms with van der Waals surface area (Å²) in [5.41, 5.74) is 0.704. The van der Waals surface area contributed by atoms with Gasteiger partial charge in [0.2, 0.25) is 5.91 Å². The predicted molar refractivity (Wildman–Crippen MR) is 64.3 cm³/mol. The molecule has 84 valence electrons. The number of hydrogen-bond donors (Lipinski definition) is 1. The smallest absolute Gasteiger partial charge is 0.231 e. The minimum absolute atomic E-state index is 0.0129. The summed E-state index contributed by atoms with van der Waals surface area (Å²) < 4.78 is 0. The van der Waals surface area contributed by atoms with E-state index in [4.69, 9.17) is 0 Å². The van der Waals surface area contributed by atoms with Crippen LogP contribution in [0.5, 0.6) is 0 Å². The van der Waals surface area contributed by atoms with Crippen molar-refractivity contribution in [3.8, 4) is 0 Å². The first-order valence-corrected chi connectivity index (χ1v) is 5.94. The molecule has 0 spiro atoms. The molecule has 1 amide bonds. The van der Waals surface area contributed by atoms with Crippen LogP contribution in [0.1, 0.15) is 38.3 Å². The van der Waals surface area contributed by atoms with E-state index in [1.54, 1.807) is 11.3 Å². The zero-order valence-electron chi connectivity index (χ0n) is 9.97. The molecular formula is C11H18N2OS. The third-order valence-corrected chi connectivity index (χ3v) is 3.06. The fraction of sp³-hybridized carbons (Fsp3) is 0.636.